The smallest absolute Gasteiger partial charge is 0.0823 e. The molecule has 4 heteroatoms. The fourth-order valence-electron chi connectivity index (χ4n) is 4.30. The Kier molecular flexibility index (Phi) is 3.99. The molecule has 0 spiro atoms. The number of halogens is 2. The van der Waals surface area contributed by atoms with E-state index in [-0.39, 0.29) is 5.41 Å². The van der Waals surface area contributed by atoms with Crippen LogP contribution in [-0.4, -0.2) is 4.57 Å². The number of fused-ring (bicyclic) bond motifs is 1. The van der Waals surface area contributed by atoms with Gasteiger partial charge in [0.25, 0.3) is 0 Å². The van der Waals surface area contributed by atoms with Crippen molar-refractivity contribution in [3.05, 3.63) is 52.8 Å². The highest BCUT2D eigenvalue weighted by Gasteiger charge is 2.50. The van der Waals surface area contributed by atoms with Gasteiger partial charge in [-0.05, 0) is 42.0 Å². The molecule has 3 rings (SSSR count). The van der Waals surface area contributed by atoms with Gasteiger partial charge >= 0.3 is 0 Å². The minimum Gasteiger partial charge on any atom is -0.315 e. The Morgan fingerprint density at radius 2 is 1.61 bits per heavy atom. The van der Waals surface area contributed by atoms with Gasteiger partial charge in [0, 0.05) is 17.1 Å². The molecule has 23 heavy (non-hydrogen) atoms. The number of para-hydroxylation sites is 1. The van der Waals surface area contributed by atoms with E-state index in [4.69, 9.17) is 23.2 Å². The van der Waals surface area contributed by atoms with E-state index in [0.29, 0.717) is 11.8 Å². The zero-order valence-corrected chi connectivity index (χ0v) is 15.2. The number of aromatic nitrogens is 1. The van der Waals surface area contributed by atoms with Crippen molar-refractivity contribution >= 4 is 23.2 Å². The van der Waals surface area contributed by atoms with Crippen molar-refractivity contribution in [2.75, 3.05) is 0 Å². The Morgan fingerprint density at radius 1 is 1.04 bits per heavy atom. The summed E-state index contributed by atoms with van der Waals surface area (Å²) in [6.45, 7) is 6.40. The molecular weight excluding hydrogens is 327 g/mol. The van der Waals surface area contributed by atoms with Gasteiger partial charge < -0.3 is 4.57 Å². The van der Waals surface area contributed by atoms with E-state index in [1.807, 2.05) is 25.1 Å². The minimum absolute atomic E-state index is 0.0924. The lowest BCUT2D eigenvalue weighted by atomic mass is 9.80. The summed E-state index contributed by atoms with van der Waals surface area (Å²) in [5, 5.41) is 9.83. The van der Waals surface area contributed by atoms with Crippen LogP contribution in [0.1, 0.15) is 49.7 Å². The van der Waals surface area contributed by atoms with Gasteiger partial charge in [0.15, 0.2) is 0 Å². The Hall–Kier alpha value is -1.43. The Balaban J connectivity index is 2.42. The second kappa shape index (κ2) is 5.58. The molecule has 0 saturated carbocycles. The van der Waals surface area contributed by atoms with Crippen molar-refractivity contribution < 1.29 is 0 Å². The van der Waals surface area contributed by atoms with Crippen LogP contribution in [0.5, 0.6) is 0 Å². The third-order valence-corrected chi connectivity index (χ3v) is 5.41. The first-order chi connectivity index (χ1) is 10.9. The molecule has 0 bridgehead atoms. The number of alkyl halides is 2. The maximum Gasteiger partial charge on any atom is 0.0823 e. The van der Waals surface area contributed by atoms with Crippen molar-refractivity contribution in [1.29, 1.82) is 5.26 Å². The molecule has 120 valence electrons. The molecule has 1 aromatic carbocycles. The van der Waals surface area contributed by atoms with Crippen LogP contribution in [0.2, 0.25) is 0 Å². The summed E-state index contributed by atoms with van der Waals surface area (Å²) < 4.78 is 2.15. The van der Waals surface area contributed by atoms with Gasteiger partial charge in [-0.3, -0.25) is 0 Å². The lowest BCUT2D eigenvalue weighted by molar-refractivity contribution is 0.434. The summed E-state index contributed by atoms with van der Waals surface area (Å²) in [4.78, 5) is 0. The van der Waals surface area contributed by atoms with E-state index in [0.717, 1.165) is 29.1 Å². The van der Waals surface area contributed by atoms with Crippen LogP contribution in [0.3, 0.4) is 0 Å². The maximum atomic E-state index is 9.83. The minimum atomic E-state index is -0.524. The monoisotopic (exact) mass is 346 g/mol. The predicted octanol–water partition coefficient (Wildman–Crippen LogP) is 5.42. The van der Waals surface area contributed by atoms with Crippen molar-refractivity contribution in [1.82, 2.24) is 4.57 Å². The number of nitrogens with zero attached hydrogens (tertiary/aromatic N) is 2. The molecule has 1 unspecified atom stereocenters. The van der Waals surface area contributed by atoms with E-state index in [9.17, 15) is 5.26 Å². The van der Waals surface area contributed by atoms with E-state index in [2.05, 4.69) is 36.6 Å². The van der Waals surface area contributed by atoms with E-state index in [1.165, 1.54) is 5.56 Å². The van der Waals surface area contributed by atoms with Crippen LogP contribution in [0, 0.1) is 11.3 Å². The van der Waals surface area contributed by atoms with Crippen molar-refractivity contribution in [2.45, 2.75) is 49.8 Å². The molecule has 1 heterocycles. The molecule has 1 aliphatic rings. The van der Waals surface area contributed by atoms with Crippen LogP contribution in [0.15, 0.2) is 30.3 Å². The Morgan fingerprint density at radius 3 is 2.13 bits per heavy atom. The SMILES string of the molecule is CC1(C)CC(C)(C#N)c2c1c(CCl)n(-c1ccccc1)c2CCl. The van der Waals surface area contributed by atoms with E-state index < -0.39 is 5.41 Å². The second-order valence-corrected chi connectivity index (χ2v) is 7.62. The lowest BCUT2D eigenvalue weighted by Gasteiger charge is -2.25. The van der Waals surface area contributed by atoms with Gasteiger partial charge in [-0.25, -0.2) is 0 Å². The van der Waals surface area contributed by atoms with Crippen molar-refractivity contribution in [3.63, 3.8) is 0 Å². The predicted molar refractivity (Wildman–Crippen MR) is 95.5 cm³/mol. The van der Waals surface area contributed by atoms with Crippen LogP contribution in [0.4, 0.5) is 0 Å². The summed E-state index contributed by atoms with van der Waals surface area (Å²) >= 11 is 12.7. The summed E-state index contributed by atoms with van der Waals surface area (Å²) in [5.41, 5.74) is 4.78. The van der Waals surface area contributed by atoms with Crippen LogP contribution in [-0.2, 0) is 22.6 Å². The maximum absolute atomic E-state index is 9.83. The average Bonchev–Trinajstić information content (AvgIpc) is 3.00. The third kappa shape index (κ3) is 2.30. The highest BCUT2D eigenvalue weighted by molar-refractivity contribution is 6.18. The first-order valence-corrected chi connectivity index (χ1v) is 8.82. The van der Waals surface area contributed by atoms with E-state index >= 15 is 0 Å². The molecule has 2 aromatic rings. The Labute approximate surface area is 147 Å². The zero-order chi connectivity index (χ0) is 16.8. The first-order valence-electron chi connectivity index (χ1n) is 7.75. The zero-order valence-electron chi connectivity index (χ0n) is 13.7. The molecule has 2 nitrogen and oxygen atoms in total. The van der Waals surface area contributed by atoms with Gasteiger partial charge in [0.1, 0.15) is 0 Å². The van der Waals surface area contributed by atoms with Crippen molar-refractivity contribution in [2.24, 2.45) is 0 Å². The van der Waals surface area contributed by atoms with Gasteiger partial charge in [0.05, 0.1) is 23.2 Å². The van der Waals surface area contributed by atoms with Crippen LogP contribution >= 0.6 is 23.2 Å². The first kappa shape index (κ1) is 16.4. The standard InChI is InChI=1S/C19H20Cl2N2/c1-18(2)11-19(3,12-22)17-15(10-21)23(14(9-20)16(17)18)13-7-5-4-6-8-13/h4-8H,9-11H2,1-3H3. The third-order valence-electron chi connectivity index (χ3n) is 4.91. The lowest BCUT2D eigenvalue weighted by Crippen LogP contribution is -2.23. The second-order valence-electron chi connectivity index (χ2n) is 7.09. The normalized spacial score (nSPS) is 21.9. The number of benzene rings is 1. The summed E-state index contributed by atoms with van der Waals surface area (Å²) in [5.74, 6) is 0.764. The van der Waals surface area contributed by atoms with Gasteiger partial charge in [-0.1, -0.05) is 32.0 Å². The molecular formula is C19H20Cl2N2. The Bertz CT molecular complexity index is 784. The number of hydrogen-bond donors (Lipinski definition) is 0. The molecule has 0 N–H and O–H groups in total. The molecule has 0 saturated heterocycles. The number of nitriles is 1. The largest absolute Gasteiger partial charge is 0.315 e. The van der Waals surface area contributed by atoms with E-state index in [1.54, 1.807) is 0 Å². The quantitative estimate of drug-likeness (QED) is 0.682. The number of hydrogen-bond acceptors (Lipinski definition) is 1. The molecule has 1 atom stereocenters. The van der Waals surface area contributed by atoms with Gasteiger partial charge in [0.2, 0.25) is 0 Å². The fraction of sp³-hybridized carbons (Fsp3) is 0.421. The molecule has 0 radical (unpaired) electrons. The van der Waals surface area contributed by atoms with Crippen LogP contribution < -0.4 is 0 Å². The summed E-state index contributed by atoms with van der Waals surface area (Å²) in [6, 6.07) is 12.6. The summed E-state index contributed by atoms with van der Waals surface area (Å²) in [7, 11) is 0. The van der Waals surface area contributed by atoms with Gasteiger partial charge in [-0.2, -0.15) is 5.26 Å². The highest BCUT2D eigenvalue weighted by Crippen LogP contribution is 2.54. The topological polar surface area (TPSA) is 28.7 Å². The molecule has 1 aromatic heterocycles. The van der Waals surface area contributed by atoms with Gasteiger partial charge in [-0.15, -0.1) is 23.2 Å². The fourth-order valence-corrected chi connectivity index (χ4v) is 4.80. The highest BCUT2D eigenvalue weighted by atomic mass is 35.5. The van der Waals surface area contributed by atoms with Crippen LogP contribution in [0.25, 0.3) is 5.69 Å². The average molecular weight is 347 g/mol. The molecule has 0 aliphatic heterocycles. The number of rotatable bonds is 3. The summed E-state index contributed by atoms with van der Waals surface area (Å²) in [6.07, 6.45) is 0.796. The van der Waals surface area contributed by atoms with Crippen molar-refractivity contribution in [3.8, 4) is 11.8 Å². The molecule has 0 amide bonds. The molecule has 0 fully saturated rings. The molecule has 1 aliphatic carbocycles.